The molecule has 0 fully saturated rings. The molecule has 0 aliphatic carbocycles. The van der Waals surface area contributed by atoms with E-state index in [1.165, 1.54) is 34.5 Å². The number of thioether (sulfide) groups is 1. The third-order valence-electron chi connectivity index (χ3n) is 3.37. The Kier molecular flexibility index (Phi) is 4.48. The molecule has 2 heterocycles. The Morgan fingerprint density at radius 1 is 1.50 bits per heavy atom. The molecule has 124 valence electrons. The fourth-order valence-electron chi connectivity index (χ4n) is 2.26. The molecule has 1 aromatic carbocycles. The van der Waals surface area contributed by atoms with Crippen LogP contribution >= 0.6 is 23.1 Å². The molecular weight excluding hydrogens is 358 g/mol. The molecule has 4 N–H and O–H groups in total. The highest BCUT2D eigenvalue weighted by Gasteiger charge is 2.39. The van der Waals surface area contributed by atoms with Crippen molar-refractivity contribution in [3.05, 3.63) is 40.2 Å². The van der Waals surface area contributed by atoms with Crippen molar-refractivity contribution in [3.8, 4) is 5.75 Å². The van der Waals surface area contributed by atoms with Crippen molar-refractivity contribution in [2.75, 3.05) is 0 Å². The SMILES string of the molecule is NC(=O)c1csc(S[C@H]2Cc3ccc(F)c(C(=O)O)c3OB2O)n1. The number of carbonyl (C=O) groups is 2. The lowest BCUT2D eigenvalue weighted by atomic mass is 9.77. The predicted octanol–water partition coefficient (Wildman–Crippen LogP) is 1.19. The summed E-state index contributed by atoms with van der Waals surface area (Å²) in [4.78, 5) is 26.3. The maximum absolute atomic E-state index is 13.7. The van der Waals surface area contributed by atoms with Crippen molar-refractivity contribution in [1.29, 1.82) is 0 Å². The average Bonchev–Trinajstić information content (AvgIpc) is 2.97. The van der Waals surface area contributed by atoms with Crippen molar-refractivity contribution in [1.82, 2.24) is 4.98 Å². The standard InChI is InChI=1S/C13H10BFN2O5S2/c15-6-2-1-5-3-8(14(21)22-10(5)9(6)12(19)20)24-13-17-7(4-23-13)11(16)18/h1-2,4,8,21H,3H2,(H2,16,18)(H,19,20)/t8-/m0/s1. The lowest BCUT2D eigenvalue weighted by molar-refractivity contribution is 0.0688. The third kappa shape index (κ3) is 3.10. The number of thiazole rings is 1. The van der Waals surface area contributed by atoms with Gasteiger partial charge in [0.1, 0.15) is 22.8 Å². The van der Waals surface area contributed by atoms with E-state index in [1.54, 1.807) is 0 Å². The van der Waals surface area contributed by atoms with Gasteiger partial charge in [0.2, 0.25) is 0 Å². The molecular formula is C13H10BFN2O5S2. The number of fused-ring (bicyclic) bond motifs is 1. The number of benzene rings is 1. The number of carboxylic acid groups (broad SMARTS) is 1. The summed E-state index contributed by atoms with van der Waals surface area (Å²) < 4.78 is 19.4. The van der Waals surface area contributed by atoms with E-state index >= 15 is 0 Å². The Balaban J connectivity index is 1.85. The first-order chi connectivity index (χ1) is 11.4. The van der Waals surface area contributed by atoms with Crippen LogP contribution < -0.4 is 10.4 Å². The van der Waals surface area contributed by atoms with Crippen LogP contribution in [0.25, 0.3) is 0 Å². The van der Waals surface area contributed by atoms with Gasteiger partial charge in [-0.25, -0.2) is 14.2 Å². The van der Waals surface area contributed by atoms with Gasteiger partial charge < -0.3 is 20.5 Å². The summed E-state index contributed by atoms with van der Waals surface area (Å²) in [6.45, 7) is 0. The molecule has 0 unspecified atom stereocenters. The Morgan fingerprint density at radius 2 is 2.25 bits per heavy atom. The van der Waals surface area contributed by atoms with Crippen LogP contribution in [0.2, 0.25) is 0 Å². The van der Waals surface area contributed by atoms with Crippen molar-refractivity contribution in [2.45, 2.75) is 15.9 Å². The number of hydrogen-bond donors (Lipinski definition) is 3. The van der Waals surface area contributed by atoms with Gasteiger partial charge >= 0.3 is 13.1 Å². The van der Waals surface area contributed by atoms with Crippen LogP contribution in [0.1, 0.15) is 26.4 Å². The number of carbonyl (C=O) groups excluding carboxylic acids is 1. The smallest absolute Gasteiger partial charge is 0.535 e. The molecule has 1 atom stereocenters. The number of primary amides is 1. The topological polar surface area (TPSA) is 123 Å². The number of nitrogens with two attached hydrogens (primary N) is 1. The summed E-state index contributed by atoms with van der Waals surface area (Å²) in [5, 5.41) is 20.2. The van der Waals surface area contributed by atoms with E-state index in [4.69, 9.17) is 15.5 Å². The fraction of sp³-hybridized carbons (Fsp3) is 0.154. The molecule has 1 aliphatic rings. The monoisotopic (exact) mass is 368 g/mol. The molecule has 3 rings (SSSR count). The highest BCUT2D eigenvalue weighted by molar-refractivity contribution is 8.02. The molecule has 24 heavy (non-hydrogen) atoms. The number of nitrogens with zero attached hydrogens (tertiary/aromatic N) is 1. The fourth-order valence-corrected chi connectivity index (χ4v) is 4.38. The minimum Gasteiger partial charge on any atom is -0.535 e. The summed E-state index contributed by atoms with van der Waals surface area (Å²) in [6.07, 6.45) is 0.257. The second kappa shape index (κ2) is 6.42. The van der Waals surface area contributed by atoms with Crippen molar-refractivity contribution in [2.24, 2.45) is 5.73 Å². The van der Waals surface area contributed by atoms with Crippen molar-refractivity contribution >= 4 is 42.1 Å². The number of carboxylic acids is 1. The van der Waals surface area contributed by atoms with Gasteiger partial charge in [-0.3, -0.25) is 4.79 Å². The molecule has 7 nitrogen and oxygen atoms in total. The Hall–Kier alpha value is -2.11. The second-order valence-corrected chi connectivity index (χ2v) is 7.29. The highest BCUT2D eigenvalue weighted by Crippen LogP contribution is 2.38. The summed E-state index contributed by atoms with van der Waals surface area (Å²) >= 11 is 2.37. The van der Waals surface area contributed by atoms with Crippen LogP contribution in [0.4, 0.5) is 4.39 Å². The van der Waals surface area contributed by atoms with Gasteiger partial charge in [0.25, 0.3) is 5.91 Å². The van der Waals surface area contributed by atoms with E-state index in [1.807, 2.05) is 0 Å². The van der Waals surface area contributed by atoms with Gasteiger partial charge in [0.15, 0.2) is 4.34 Å². The number of amides is 1. The number of halogens is 1. The summed E-state index contributed by atoms with van der Waals surface area (Å²) in [6, 6.07) is 2.48. The Bertz CT molecular complexity index is 831. The molecule has 1 amide bonds. The molecule has 11 heteroatoms. The number of aromatic carboxylic acids is 1. The van der Waals surface area contributed by atoms with E-state index < -0.39 is 35.5 Å². The van der Waals surface area contributed by atoms with Gasteiger partial charge in [-0.2, -0.15) is 0 Å². The maximum atomic E-state index is 13.7. The van der Waals surface area contributed by atoms with Crippen LogP contribution in [0.5, 0.6) is 5.75 Å². The van der Waals surface area contributed by atoms with Crippen LogP contribution in [-0.4, -0.2) is 39.3 Å². The maximum Gasteiger partial charge on any atom is 0.537 e. The van der Waals surface area contributed by atoms with Crippen molar-refractivity contribution < 1.29 is 28.8 Å². The predicted molar refractivity (Wildman–Crippen MR) is 85.9 cm³/mol. The average molecular weight is 368 g/mol. The third-order valence-corrected chi connectivity index (χ3v) is 5.57. The molecule has 1 aliphatic heterocycles. The van der Waals surface area contributed by atoms with Gasteiger partial charge in [-0.05, 0) is 18.1 Å². The largest absolute Gasteiger partial charge is 0.537 e. The minimum atomic E-state index is -1.46. The molecule has 0 saturated heterocycles. The summed E-state index contributed by atoms with van der Waals surface area (Å²) in [5.74, 6) is -3.20. The molecule has 2 aromatic rings. The van der Waals surface area contributed by atoms with E-state index in [-0.39, 0.29) is 17.9 Å². The van der Waals surface area contributed by atoms with Gasteiger partial charge in [0.05, 0.1) is 5.15 Å². The first-order valence-electron chi connectivity index (χ1n) is 6.68. The van der Waals surface area contributed by atoms with Crippen LogP contribution in [-0.2, 0) is 6.42 Å². The van der Waals surface area contributed by atoms with Crippen molar-refractivity contribution in [3.63, 3.8) is 0 Å². The normalized spacial score (nSPS) is 16.4. The minimum absolute atomic E-state index is 0.129. The first kappa shape index (κ1) is 16.7. The zero-order valence-electron chi connectivity index (χ0n) is 11.9. The highest BCUT2D eigenvalue weighted by atomic mass is 32.2. The van der Waals surface area contributed by atoms with Gasteiger partial charge in [-0.15, -0.1) is 11.3 Å². The molecule has 0 bridgehead atoms. The summed E-state index contributed by atoms with van der Waals surface area (Å²) in [5.41, 5.74) is 5.15. The van der Waals surface area contributed by atoms with Crippen LogP contribution in [0.15, 0.2) is 21.9 Å². The second-order valence-electron chi connectivity index (χ2n) is 4.95. The molecule has 0 radical (unpaired) electrons. The first-order valence-corrected chi connectivity index (χ1v) is 8.44. The van der Waals surface area contributed by atoms with E-state index in [0.717, 1.165) is 6.07 Å². The quantitative estimate of drug-likeness (QED) is 0.693. The summed E-state index contributed by atoms with van der Waals surface area (Å²) in [7, 11) is -1.34. The van der Waals surface area contributed by atoms with E-state index in [0.29, 0.717) is 9.90 Å². The van der Waals surface area contributed by atoms with Gasteiger partial charge in [0, 0.05) is 5.38 Å². The number of aromatic nitrogens is 1. The van der Waals surface area contributed by atoms with E-state index in [9.17, 15) is 19.0 Å². The molecule has 0 saturated carbocycles. The Labute approximate surface area is 143 Å². The van der Waals surface area contributed by atoms with Gasteiger partial charge in [-0.1, -0.05) is 17.8 Å². The zero-order chi connectivity index (χ0) is 17.4. The molecule has 1 aromatic heterocycles. The number of rotatable bonds is 4. The lowest BCUT2D eigenvalue weighted by Crippen LogP contribution is -2.41. The number of hydrogen-bond acceptors (Lipinski definition) is 7. The van der Waals surface area contributed by atoms with Crippen LogP contribution in [0.3, 0.4) is 0 Å². The van der Waals surface area contributed by atoms with Crippen LogP contribution in [0, 0.1) is 5.82 Å². The van der Waals surface area contributed by atoms with E-state index in [2.05, 4.69) is 4.98 Å². The zero-order valence-corrected chi connectivity index (χ0v) is 13.6. The molecule has 0 spiro atoms. The Morgan fingerprint density at radius 3 is 2.88 bits per heavy atom. The lowest BCUT2D eigenvalue weighted by Gasteiger charge is -2.27.